The normalized spacial score (nSPS) is 15.1. The summed E-state index contributed by atoms with van der Waals surface area (Å²) < 4.78 is 0. The minimum Gasteiger partial charge on any atom is -0.363 e. The number of nitrogens with zero attached hydrogens (tertiary/aromatic N) is 2. The summed E-state index contributed by atoms with van der Waals surface area (Å²) in [6.07, 6.45) is 1.86. The van der Waals surface area contributed by atoms with Crippen molar-refractivity contribution in [2.24, 2.45) is 4.99 Å². The maximum absolute atomic E-state index is 4.59. The molecule has 0 spiro atoms. The summed E-state index contributed by atoms with van der Waals surface area (Å²) in [4.78, 5) is 9.06. The highest BCUT2D eigenvalue weighted by Crippen LogP contribution is 2.20. The van der Waals surface area contributed by atoms with Crippen molar-refractivity contribution in [1.82, 2.24) is 10.3 Å². The fourth-order valence-electron chi connectivity index (χ4n) is 3.12. The van der Waals surface area contributed by atoms with E-state index in [-0.39, 0.29) is 5.54 Å². The molecule has 0 amide bonds. The van der Waals surface area contributed by atoms with Gasteiger partial charge in [-0.2, -0.15) is 0 Å². The van der Waals surface area contributed by atoms with Crippen LogP contribution in [0.4, 0.5) is 0 Å². The molecule has 0 aliphatic carbocycles. The van der Waals surface area contributed by atoms with Gasteiger partial charge in [-0.1, -0.05) is 48.2 Å². The molecule has 3 aromatic rings. The summed E-state index contributed by atoms with van der Waals surface area (Å²) in [5.41, 5.74) is 4.11. The van der Waals surface area contributed by atoms with Crippen LogP contribution in [0.2, 0.25) is 0 Å². The first-order valence-electron chi connectivity index (χ1n) is 8.81. The van der Waals surface area contributed by atoms with Gasteiger partial charge in [0.1, 0.15) is 5.84 Å². The largest absolute Gasteiger partial charge is 0.363 e. The fraction of sp³-hybridized carbons (Fsp3) is 0.217. The molecule has 1 aliphatic rings. The zero-order valence-corrected chi connectivity index (χ0v) is 15.3. The smallest absolute Gasteiger partial charge is 0.128 e. The summed E-state index contributed by atoms with van der Waals surface area (Å²) >= 11 is 0. The van der Waals surface area contributed by atoms with Gasteiger partial charge in [-0.25, -0.2) is 0 Å². The van der Waals surface area contributed by atoms with Crippen molar-refractivity contribution >= 4 is 16.6 Å². The van der Waals surface area contributed by atoms with E-state index >= 15 is 0 Å². The maximum atomic E-state index is 4.59. The Balaban J connectivity index is 1.61. The van der Waals surface area contributed by atoms with E-state index in [1.807, 2.05) is 37.4 Å². The first-order valence-corrected chi connectivity index (χ1v) is 8.81. The average Bonchev–Trinajstić information content (AvgIpc) is 3.02. The van der Waals surface area contributed by atoms with Crippen LogP contribution in [0.15, 0.2) is 59.7 Å². The van der Waals surface area contributed by atoms with E-state index in [9.17, 15) is 0 Å². The molecule has 26 heavy (non-hydrogen) atoms. The van der Waals surface area contributed by atoms with Gasteiger partial charge < -0.3 is 5.32 Å². The Hall–Kier alpha value is -3.12. The number of aromatic nitrogens is 1. The van der Waals surface area contributed by atoms with Crippen molar-refractivity contribution in [2.75, 3.05) is 6.54 Å². The highest BCUT2D eigenvalue weighted by atomic mass is 15.1. The van der Waals surface area contributed by atoms with Crippen molar-refractivity contribution in [3.8, 4) is 11.8 Å². The lowest BCUT2D eigenvalue weighted by molar-refractivity contribution is 0.506. The van der Waals surface area contributed by atoms with E-state index in [1.165, 1.54) is 0 Å². The number of aliphatic imine (C=N–C) groups is 1. The Labute approximate surface area is 154 Å². The Kier molecular flexibility index (Phi) is 3.97. The van der Waals surface area contributed by atoms with Crippen LogP contribution in [0.25, 0.3) is 10.8 Å². The van der Waals surface area contributed by atoms with Gasteiger partial charge in [0.25, 0.3) is 0 Å². The van der Waals surface area contributed by atoms with Crippen LogP contribution in [-0.4, -0.2) is 22.9 Å². The number of nitrogens with one attached hydrogen (secondary N) is 1. The third-order valence-corrected chi connectivity index (χ3v) is 4.58. The minimum absolute atomic E-state index is 0.0350. The molecule has 0 saturated carbocycles. The molecule has 0 bridgehead atoms. The third kappa shape index (κ3) is 3.19. The molecule has 0 saturated heterocycles. The van der Waals surface area contributed by atoms with Crippen molar-refractivity contribution in [3.05, 3.63) is 77.1 Å². The molecule has 0 atom stereocenters. The molecule has 2 aromatic carbocycles. The Bertz CT molecular complexity index is 1060. The van der Waals surface area contributed by atoms with Crippen LogP contribution >= 0.6 is 0 Å². The SMILES string of the molecule is Cc1ncc(C#Cc2ccc(C3=NCC(C)(C)N3)cc2)c2ccccc12. The number of pyridine rings is 1. The number of aryl methyl sites for hydroxylation is 1. The molecule has 0 radical (unpaired) electrons. The quantitative estimate of drug-likeness (QED) is 0.679. The molecule has 1 N–H and O–H groups in total. The van der Waals surface area contributed by atoms with Crippen molar-refractivity contribution < 1.29 is 0 Å². The monoisotopic (exact) mass is 339 g/mol. The van der Waals surface area contributed by atoms with Gasteiger partial charge in [-0.3, -0.25) is 9.98 Å². The second-order valence-electron chi connectivity index (χ2n) is 7.30. The lowest BCUT2D eigenvalue weighted by Crippen LogP contribution is -2.39. The number of benzene rings is 2. The Morgan fingerprint density at radius 1 is 0.962 bits per heavy atom. The zero-order chi connectivity index (χ0) is 18.1. The van der Waals surface area contributed by atoms with Crippen LogP contribution in [-0.2, 0) is 0 Å². The van der Waals surface area contributed by atoms with Crippen LogP contribution < -0.4 is 5.32 Å². The van der Waals surface area contributed by atoms with Gasteiger partial charge in [-0.15, -0.1) is 0 Å². The summed E-state index contributed by atoms with van der Waals surface area (Å²) in [6, 6.07) is 16.5. The van der Waals surface area contributed by atoms with Gasteiger partial charge in [0.2, 0.25) is 0 Å². The molecule has 128 valence electrons. The summed E-state index contributed by atoms with van der Waals surface area (Å²) in [6.45, 7) is 7.14. The van der Waals surface area contributed by atoms with Crippen LogP contribution in [0, 0.1) is 18.8 Å². The standard InChI is InChI=1S/C23H21N3/c1-16-20-6-4-5-7-21(20)19(14-24-16)13-10-17-8-11-18(12-9-17)22-25-15-23(2,3)26-22/h4-9,11-12,14H,15H2,1-3H3,(H,25,26). The fourth-order valence-corrected chi connectivity index (χ4v) is 3.12. The molecular formula is C23H21N3. The molecule has 1 aliphatic heterocycles. The average molecular weight is 339 g/mol. The molecule has 3 heteroatoms. The van der Waals surface area contributed by atoms with Crippen LogP contribution in [0.1, 0.15) is 36.2 Å². The molecule has 0 fully saturated rings. The van der Waals surface area contributed by atoms with E-state index in [0.717, 1.165) is 45.5 Å². The van der Waals surface area contributed by atoms with Gasteiger partial charge in [0.05, 0.1) is 17.6 Å². The minimum atomic E-state index is 0.0350. The van der Waals surface area contributed by atoms with Gasteiger partial charge in [0.15, 0.2) is 0 Å². The highest BCUT2D eigenvalue weighted by Gasteiger charge is 2.25. The zero-order valence-electron chi connectivity index (χ0n) is 15.3. The van der Waals surface area contributed by atoms with Crippen molar-refractivity contribution in [2.45, 2.75) is 26.3 Å². The second kappa shape index (κ2) is 6.31. The molecule has 3 nitrogen and oxygen atoms in total. The predicted molar refractivity (Wildman–Crippen MR) is 108 cm³/mol. The predicted octanol–water partition coefficient (Wildman–Crippen LogP) is 4.07. The Morgan fingerprint density at radius 3 is 2.38 bits per heavy atom. The number of fused-ring (bicyclic) bond motifs is 1. The number of rotatable bonds is 1. The lowest BCUT2D eigenvalue weighted by atomic mass is 10.0. The van der Waals surface area contributed by atoms with Gasteiger partial charge >= 0.3 is 0 Å². The van der Waals surface area contributed by atoms with E-state index in [0.29, 0.717) is 0 Å². The van der Waals surface area contributed by atoms with Gasteiger partial charge in [-0.05, 0) is 32.9 Å². The lowest BCUT2D eigenvalue weighted by Gasteiger charge is -2.18. The van der Waals surface area contributed by atoms with Crippen LogP contribution in [0.3, 0.4) is 0 Å². The summed E-state index contributed by atoms with van der Waals surface area (Å²) in [7, 11) is 0. The van der Waals surface area contributed by atoms with Crippen LogP contribution in [0.5, 0.6) is 0 Å². The molecule has 4 rings (SSSR count). The number of amidine groups is 1. The highest BCUT2D eigenvalue weighted by molar-refractivity contribution is 6.00. The second-order valence-corrected chi connectivity index (χ2v) is 7.30. The first kappa shape index (κ1) is 16.4. The van der Waals surface area contributed by atoms with Gasteiger partial charge in [0, 0.05) is 33.8 Å². The van der Waals surface area contributed by atoms with E-state index < -0.39 is 0 Å². The summed E-state index contributed by atoms with van der Waals surface area (Å²) in [5.74, 6) is 7.49. The third-order valence-electron chi connectivity index (χ3n) is 4.58. The first-order chi connectivity index (χ1) is 12.5. The van der Waals surface area contributed by atoms with Crippen molar-refractivity contribution in [3.63, 3.8) is 0 Å². The van der Waals surface area contributed by atoms with Crippen molar-refractivity contribution in [1.29, 1.82) is 0 Å². The topological polar surface area (TPSA) is 37.3 Å². The maximum Gasteiger partial charge on any atom is 0.128 e. The van der Waals surface area contributed by atoms with E-state index in [2.05, 4.69) is 65.2 Å². The summed E-state index contributed by atoms with van der Waals surface area (Å²) in [5, 5.41) is 5.76. The Morgan fingerprint density at radius 2 is 1.69 bits per heavy atom. The number of hydrogen-bond acceptors (Lipinski definition) is 3. The molecule has 0 unspecified atom stereocenters. The van der Waals surface area contributed by atoms with E-state index in [1.54, 1.807) is 0 Å². The molecule has 1 aromatic heterocycles. The number of hydrogen-bond donors (Lipinski definition) is 1. The molecule has 2 heterocycles. The van der Waals surface area contributed by atoms with E-state index in [4.69, 9.17) is 0 Å². The molecular weight excluding hydrogens is 318 g/mol.